The molecule has 0 spiro atoms. The summed E-state index contributed by atoms with van der Waals surface area (Å²) in [6, 6.07) is 9.74. The fraction of sp³-hybridized carbons (Fsp3) is 0.528. The minimum atomic E-state index is -2.62. The van der Waals surface area contributed by atoms with Crippen molar-refractivity contribution in [3.63, 3.8) is 0 Å². The molecule has 0 aromatic carbocycles. The summed E-state index contributed by atoms with van der Waals surface area (Å²) in [4.78, 5) is 37.6. The number of ether oxygens (including phenoxy) is 6. The Balaban J connectivity index is 1.16. The maximum atomic E-state index is 13.1. The predicted octanol–water partition coefficient (Wildman–Crippen LogP) is 5.24. The molecular formula is C36H46F2N4O10. The van der Waals surface area contributed by atoms with Gasteiger partial charge in [-0.1, -0.05) is 0 Å². The lowest BCUT2D eigenvalue weighted by atomic mass is 9.73. The molecule has 0 unspecified atom stereocenters. The van der Waals surface area contributed by atoms with Crippen LogP contribution in [-0.2, 0) is 38.8 Å². The first-order valence-corrected chi connectivity index (χ1v) is 17.1. The monoisotopic (exact) mass is 732 g/mol. The molecule has 16 heteroatoms. The summed E-state index contributed by atoms with van der Waals surface area (Å²) >= 11 is 0. The summed E-state index contributed by atoms with van der Waals surface area (Å²) in [5.74, 6) is -0.369. The van der Waals surface area contributed by atoms with Crippen LogP contribution in [0.5, 0.6) is 0 Å². The molecule has 3 heterocycles. The van der Waals surface area contributed by atoms with Gasteiger partial charge in [0.25, 0.3) is 6.43 Å². The molecule has 0 amide bonds. The van der Waals surface area contributed by atoms with Crippen LogP contribution in [0.2, 0.25) is 0 Å². The zero-order valence-electron chi connectivity index (χ0n) is 29.3. The lowest BCUT2D eigenvalue weighted by molar-refractivity contribution is -0.160. The van der Waals surface area contributed by atoms with Crippen LogP contribution in [0.1, 0.15) is 55.9 Å². The summed E-state index contributed by atoms with van der Waals surface area (Å²) in [5, 5.41) is 23.1. The number of hydrogen-bond donors (Lipinski definition) is 3. The van der Waals surface area contributed by atoms with Gasteiger partial charge < -0.3 is 44.0 Å². The molecule has 1 atom stereocenters. The van der Waals surface area contributed by atoms with Crippen molar-refractivity contribution in [1.82, 2.24) is 15.0 Å². The molecule has 0 saturated heterocycles. The van der Waals surface area contributed by atoms with E-state index in [9.17, 15) is 23.5 Å². The van der Waals surface area contributed by atoms with Gasteiger partial charge >= 0.3 is 12.1 Å². The highest BCUT2D eigenvalue weighted by molar-refractivity contribution is 5.72. The number of anilines is 2. The highest BCUT2D eigenvalue weighted by Crippen LogP contribution is 2.41. The van der Waals surface area contributed by atoms with Crippen LogP contribution in [0, 0.1) is 18.8 Å². The van der Waals surface area contributed by atoms with E-state index in [4.69, 9.17) is 33.5 Å². The number of aliphatic hydroxyl groups excluding tert-OH is 1. The molecule has 0 bridgehead atoms. The summed E-state index contributed by atoms with van der Waals surface area (Å²) in [5.41, 5.74) is 1.26. The van der Waals surface area contributed by atoms with E-state index < -0.39 is 36.9 Å². The van der Waals surface area contributed by atoms with E-state index in [1.807, 2.05) is 19.1 Å². The fourth-order valence-corrected chi connectivity index (χ4v) is 5.69. The Labute approximate surface area is 300 Å². The maximum absolute atomic E-state index is 13.1. The van der Waals surface area contributed by atoms with E-state index >= 15 is 0 Å². The third-order valence-corrected chi connectivity index (χ3v) is 8.50. The van der Waals surface area contributed by atoms with E-state index in [0.29, 0.717) is 74.9 Å². The van der Waals surface area contributed by atoms with Gasteiger partial charge in [-0.2, -0.15) is 0 Å². The maximum Gasteiger partial charge on any atom is 0.511 e. The number of aliphatic hydroxyl groups is 2. The first-order valence-electron chi connectivity index (χ1n) is 17.1. The summed E-state index contributed by atoms with van der Waals surface area (Å²) in [7, 11) is 0. The van der Waals surface area contributed by atoms with Gasteiger partial charge in [-0.3, -0.25) is 9.78 Å². The Hall–Kier alpha value is -4.35. The Morgan fingerprint density at radius 3 is 2.23 bits per heavy atom. The molecule has 3 aromatic rings. The molecule has 1 fully saturated rings. The molecule has 0 aliphatic heterocycles. The lowest BCUT2D eigenvalue weighted by Gasteiger charge is -2.37. The standard InChI is InChI=1S/C36H46F2N4O10/c1-24-19-29(41-32(20-24)42-31-21-26(33(37)38)9-10-39-31)27-5-8-30(40-22-27)36(2,46)28-6-3-25(4-7-28)34(44)51-23-52-35(45)50-18-17-49-16-15-48-14-13-47-12-11-43/h5,8-10,19-22,25,28,33,43,46H,3-4,6-7,11-18,23H2,1-2H3,(H,39,41,42)/t25-,28-,36-/m1/s1. The molecule has 284 valence electrons. The Morgan fingerprint density at radius 2 is 1.58 bits per heavy atom. The van der Waals surface area contributed by atoms with Crippen molar-refractivity contribution in [3.05, 3.63) is 65.6 Å². The van der Waals surface area contributed by atoms with E-state index in [-0.39, 0.29) is 43.7 Å². The second-order valence-corrected chi connectivity index (χ2v) is 12.3. The minimum absolute atomic E-state index is 0.0387. The first-order chi connectivity index (χ1) is 25.1. The molecule has 1 saturated carbocycles. The van der Waals surface area contributed by atoms with Crippen molar-refractivity contribution in [3.8, 4) is 11.3 Å². The number of pyridine rings is 3. The SMILES string of the molecule is Cc1cc(Nc2cc(C(F)F)ccn2)nc(-c2ccc([C@](C)(O)[C@H]3CC[C@H](C(=O)OCOC(=O)OCCOCCOCCOCCO)CC3)nc2)c1. The molecule has 14 nitrogen and oxygen atoms in total. The third kappa shape index (κ3) is 12.7. The second-order valence-electron chi connectivity index (χ2n) is 12.3. The molecular weight excluding hydrogens is 686 g/mol. The van der Waals surface area contributed by atoms with Crippen molar-refractivity contribution < 1.29 is 57.0 Å². The van der Waals surface area contributed by atoms with Crippen LogP contribution in [0.4, 0.5) is 25.2 Å². The first kappa shape index (κ1) is 40.4. The van der Waals surface area contributed by atoms with Crippen molar-refractivity contribution in [2.75, 3.05) is 65.0 Å². The smallest absolute Gasteiger partial charge is 0.432 e. The van der Waals surface area contributed by atoms with Crippen LogP contribution in [0.15, 0.2) is 48.8 Å². The van der Waals surface area contributed by atoms with Gasteiger partial charge in [0.1, 0.15) is 23.8 Å². The number of alkyl halides is 2. The van der Waals surface area contributed by atoms with E-state index in [1.165, 1.54) is 18.3 Å². The quantitative estimate of drug-likeness (QED) is 0.0780. The molecule has 52 heavy (non-hydrogen) atoms. The number of rotatable bonds is 20. The van der Waals surface area contributed by atoms with Crippen molar-refractivity contribution in [1.29, 1.82) is 0 Å². The number of nitrogens with zero attached hydrogens (tertiary/aromatic N) is 3. The molecule has 3 aromatic heterocycles. The van der Waals surface area contributed by atoms with Crippen LogP contribution in [-0.4, -0.2) is 96.9 Å². The van der Waals surface area contributed by atoms with Crippen molar-refractivity contribution >= 4 is 23.8 Å². The van der Waals surface area contributed by atoms with Gasteiger partial charge in [-0.25, -0.2) is 23.5 Å². The second kappa shape index (κ2) is 20.6. The Kier molecular flexibility index (Phi) is 16.0. The molecule has 3 N–H and O–H groups in total. The topological polar surface area (TPSA) is 181 Å². The number of hydrogen-bond acceptors (Lipinski definition) is 14. The average Bonchev–Trinajstić information content (AvgIpc) is 3.13. The summed E-state index contributed by atoms with van der Waals surface area (Å²) < 4.78 is 56.7. The summed E-state index contributed by atoms with van der Waals surface area (Å²) in [6.45, 7) is 4.73. The van der Waals surface area contributed by atoms with Gasteiger partial charge in [-0.15, -0.1) is 0 Å². The van der Waals surface area contributed by atoms with Gasteiger partial charge in [0, 0.05) is 23.5 Å². The Morgan fingerprint density at radius 1 is 0.885 bits per heavy atom. The fourth-order valence-electron chi connectivity index (χ4n) is 5.69. The van der Waals surface area contributed by atoms with Crippen molar-refractivity contribution in [2.24, 2.45) is 11.8 Å². The average molecular weight is 733 g/mol. The number of esters is 1. The van der Waals surface area contributed by atoms with Crippen LogP contribution in [0.3, 0.4) is 0 Å². The minimum Gasteiger partial charge on any atom is -0.432 e. The van der Waals surface area contributed by atoms with Gasteiger partial charge in [-0.05, 0) is 87.4 Å². The van der Waals surface area contributed by atoms with Gasteiger partial charge in [0.05, 0.1) is 63.6 Å². The number of aromatic nitrogens is 3. The normalized spacial score (nSPS) is 17.0. The van der Waals surface area contributed by atoms with E-state index in [1.54, 1.807) is 25.3 Å². The van der Waals surface area contributed by atoms with Crippen LogP contribution < -0.4 is 5.32 Å². The number of halogens is 2. The number of carbonyl (C=O) groups is 2. The number of aryl methyl sites for hydroxylation is 1. The van der Waals surface area contributed by atoms with Crippen LogP contribution in [0.25, 0.3) is 11.3 Å². The molecule has 0 radical (unpaired) electrons. The van der Waals surface area contributed by atoms with E-state index in [0.717, 1.165) is 5.56 Å². The highest BCUT2D eigenvalue weighted by Gasteiger charge is 2.39. The van der Waals surface area contributed by atoms with Crippen LogP contribution >= 0.6 is 0 Å². The third-order valence-electron chi connectivity index (χ3n) is 8.50. The largest absolute Gasteiger partial charge is 0.511 e. The molecule has 4 rings (SSSR count). The lowest BCUT2D eigenvalue weighted by Crippen LogP contribution is -2.37. The molecule has 1 aliphatic rings. The van der Waals surface area contributed by atoms with Gasteiger partial charge in [0.15, 0.2) is 0 Å². The van der Waals surface area contributed by atoms with Crippen molar-refractivity contribution in [2.45, 2.75) is 51.6 Å². The molecule has 1 aliphatic carbocycles. The number of carbonyl (C=O) groups excluding carboxylic acids is 2. The number of nitrogens with one attached hydrogen (secondary N) is 1. The zero-order chi connectivity index (χ0) is 37.3. The van der Waals surface area contributed by atoms with Gasteiger partial charge in [0.2, 0.25) is 6.79 Å². The Bertz CT molecular complexity index is 1560. The highest BCUT2D eigenvalue weighted by atomic mass is 19.3. The zero-order valence-corrected chi connectivity index (χ0v) is 29.3. The predicted molar refractivity (Wildman–Crippen MR) is 183 cm³/mol. The van der Waals surface area contributed by atoms with E-state index in [2.05, 4.69) is 20.3 Å². The summed E-state index contributed by atoms with van der Waals surface area (Å²) in [6.07, 6.45) is 1.40.